The van der Waals surface area contributed by atoms with Gasteiger partial charge in [0.1, 0.15) is 84.6 Å². The topological polar surface area (TPSA) is 605 Å². The Balaban J connectivity index is 0.734. The molecule has 776 valence electrons. The summed E-state index contributed by atoms with van der Waals surface area (Å²) in [6.07, 6.45) is -0.735. The van der Waals surface area contributed by atoms with Crippen LogP contribution in [-0.4, -0.2) is 268 Å². The standard InChI is InChI=1S/C108H128N24O16/c109-43-15-13-33-79-95(135)125-85(57-69-51-63-23-3-9-29-75(63)115-69)105(145)131-47-19-37-91(131)103(143)123-83(55-67-49-61-21-1-7-27-73(61)113-67)99(139)127-87(59-71-53-65-25-5-11-31-77(65)117-71)107(147)129-45-17-35-89(129)101(141)121-81(39-41-93(111)133)97(137)120-80(34-14-16-44-110)96(136)126-86(58-70-52-64-24-4-10-30-76(64)116-70)106(146)132-48-20-38-92(132)104(144)124-84(56-68-50-62-22-2-8-28-74(62)114-68)100(140)128-88(60-72-54-66-26-6-12-32-78(66)118-72)108(148)130-46-18-36-90(130)102(142)122-82(98(138)119-79)40-42-94(112)134/h1-12,21-32,49-54,79-92,113-118H,13-20,33-48,55-60,109-110H2,(H2,111,133)(H2,112,134)(H,119,138)(H,120,137)(H,121,141)(H,122,142)(H,123,143)(H,124,144)(H,125,135)(H,126,136)(H,127,139)(H,128,140)/t79-,80-,81+,82+,83+,84+,85+,86+,87-,88-,89+,90+,91+,92+/m0/s1. The summed E-state index contributed by atoms with van der Waals surface area (Å²) in [6.45, 7) is 0.223. The molecule has 0 unspecified atom stereocenters. The third-order valence-electron chi connectivity index (χ3n) is 28.9. The minimum atomic E-state index is -1.62. The fraction of sp³-hybridized carbons (Fsp3) is 0.407. The van der Waals surface area contributed by atoms with E-state index in [-0.39, 0.29) is 155 Å². The summed E-state index contributed by atoms with van der Waals surface area (Å²) < 4.78 is 0. The molecule has 6 aromatic heterocycles. The van der Waals surface area contributed by atoms with Crippen LogP contribution in [-0.2, 0) is 115 Å². The molecule has 5 aliphatic rings. The number of nitrogens with two attached hydrogens (primary N) is 4. The number of para-hydroxylation sites is 6. The normalized spacial score (nSPS) is 23.7. The Bertz CT molecular complexity index is 6350. The van der Waals surface area contributed by atoms with Crippen molar-refractivity contribution in [3.05, 3.63) is 216 Å². The first-order valence-electron chi connectivity index (χ1n) is 51.3. The highest BCUT2D eigenvalue weighted by atomic mass is 16.2. The SMILES string of the molecule is NCCCC[C@@H]1NC(=O)[C@@H](CCC(N)=O)NC(=O)[C@H]2CCCN2C(=O)[C@H](Cc2cc3ccccc3[nH]2)NC(=O)[C@@H](Cc2cc3ccccc3[nH]2)NC(=O)[C@H]2CCCN2C(=O)[C@@H](Cc2cc3ccccc3[nH]2)NC(=O)[C@H](CCCCN)NC(=O)[C@@H](CCC(N)=O)NC(=O)[C@H]2CCCN2C(=O)[C@H](Cc2cc3ccccc3[nH]2)NC(=O)[C@@H](Cc2cc3ccccc3[nH]2)NC(=O)[C@H]2CCCN2C(=O)[C@@H](Cc2cc3ccccc3[nH]2)NC1=O. The van der Waals surface area contributed by atoms with Crippen molar-refractivity contribution in [3.8, 4) is 0 Å². The summed E-state index contributed by atoms with van der Waals surface area (Å²) in [5.74, 6) is -13.2. The molecule has 11 heterocycles. The first kappa shape index (κ1) is 103. The number of aromatic nitrogens is 6. The van der Waals surface area contributed by atoms with Crippen molar-refractivity contribution in [1.82, 2.24) is 103 Å². The van der Waals surface area contributed by atoms with Gasteiger partial charge in [-0.05, 0) is 221 Å². The molecule has 6 aromatic carbocycles. The molecule has 0 aliphatic carbocycles. The quantitative estimate of drug-likeness (QED) is 0.0341. The summed E-state index contributed by atoms with van der Waals surface area (Å²) >= 11 is 0. The van der Waals surface area contributed by atoms with Crippen LogP contribution in [0.3, 0.4) is 0 Å². The Hall–Kier alpha value is -16.0. The zero-order valence-corrected chi connectivity index (χ0v) is 82.2. The number of amides is 16. The molecule has 40 heteroatoms. The second-order valence-corrected chi connectivity index (χ2v) is 39.5. The van der Waals surface area contributed by atoms with Crippen LogP contribution in [0, 0.1) is 0 Å². The van der Waals surface area contributed by atoms with Gasteiger partial charge in [0.15, 0.2) is 0 Å². The number of H-pyrrole nitrogens is 6. The Morgan fingerprint density at radius 3 is 0.649 bits per heavy atom. The predicted molar refractivity (Wildman–Crippen MR) is 553 cm³/mol. The van der Waals surface area contributed by atoms with Crippen molar-refractivity contribution in [2.75, 3.05) is 39.3 Å². The highest BCUT2D eigenvalue weighted by Crippen LogP contribution is 2.31. The molecule has 0 radical (unpaired) electrons. The molecule has 0 bridgehead atoms. The van der Waals surface area contributed by atoms with Crippen molar-refractivity contribution in [1.29, 1.82) is 0 Å². The zero-order chi connectivity index (χ0) is 104. The maximum atomic E-state index is 16.0. The van der Waals surface area contributed by atoms with Crippen LogP contribution in [0.25, 0.3) is 65.4 Å². The summed E-state index contributed by atoms with van der Waals surface area (Å²) in [5.41, 5.74) is 30.9. The summed E-state index contributed by atoms with van der Waals surface area (Å²) in [7, 11) is 0. The smallest absolute Gasteiger partial charge is 0.246 e. The number of primary amides is 2. The third-order valence-corrected chi connectivity index (χ3v) is 28.9. The van der Waals surface area contributed by atoms with Gasteiger partial charge in [-0.2, -0.15) is 0 Å². The van der Waals surface area contributed by atoms with E-state index in [9.17, 15) is 9.59 Å². The Labute approximate surface area is 851 Å². The van der Waals surface area contributed by atoms with Crippen LogP contribution in [0.4, 0.5) is 0 Å². The van der Waals surface area contributed by atoms with E-state index in [1.54, 1.807) is 0 Å². The lowest BCUT2D eigenvalue weighted by atomic mass is 10.0. The number of unbranched alkanes of at least 4 members (excludes halogenated alkanes) is 2. The average Bonchev–Trinajstić information content (AvgIpc) is 1.64. The van der Waals surface area contributed by atoms with Gasteiger partial charge in [-0.3, -0.25) is 76.7 Å². The zero-order valence-electron chi connectivity index (χ0n) is 82.2. The van der Waals surface area contributed by atoms with Crippen molar-refractivity contribution < 1.29 is 76.7 Å². The third kappa shape index (κ3) is 25.0. The fourth-order valence-electron chi connectivity index (χ4n) is 21.4. The van der Waals surface area contributed by atoms with Crippen LogP contribution in [0.2, 0.25) is 0 Å². The van der Waals surface area contributed by atoms with E-state index >= 15 is 67.1 Å². The predicted octanol–water partition coefficient (Wildman–Crippen LogP) is 3.94. The highest BCUT2D eigenvalue weighted by Gasteiger charge is 2.47. The van der Waals surface area contributed by atoms with Gasteiger partial charge < -0.3 is 126 Å². The maximum Gasteiger partial charge on any atom is 0.246 e. The number of carbonyl (C=O) groups excluding carboxylic acids is 16. The van der Waals surface area contributed by atoms with Gasteiger partial charge in [0.25, 0.3) is 0 Å². The first-order valence-corrected chi connectivity index (χ1v) is 51.3. The van der Waals surface area contributed by atoms with E-state index in [1.165, 1.54) is 19.6 Å². The number of rotatable bonds is 26. The number of hydrogen-bond donors (Lipinski definition) is 20. The van der Waals surface area contributed by atoms with E-state index < -0.39 is 205 Å². The minimum Gasteiger partial charge on any atom is -0.370 e. The molecular formula is C108H128N24O16. The van der Waals surface area contributed by atoms with Crippen LogP contribution in [0.1, 0.15) is 150 Å². The second-order valence-electron chi connectivity index (χ2n) is 39.5. The van der Waals surface area contributed by atoms with E-state index in [0.29, 0.717) is 80.1 Å². The van der Waals surface area contributed by atoms with E-state index in [2.05, 4.69) is 83.1 Å². The summed E-state index contributed by atoms with van der Waals surface area (Å²) in [4.78, 5) is 271. The van der Waals surface area contributed by atoms with Gasteiger partial charge in [0, 0.05) is 145 Å². The number of nitrogens with zero attached hydrogens (tertiary/aromatic N) is 4. The van der Waals surface area contributed by atoms with Crippen molar-refractivity contribution in [2.24, 2.45) is 22.9 Å². The first-order chi connectivity index (χ1) is 71.6. The number of fused-ring (bicyclic) bond motifs is 10. The molecule has 16 amide bonds. The highest BCUT2D eigenvalue weighted by molar-refractivity contribution is 6.03. The van der Waals surface area contributed by atoms with Gasteiger partial charge in [-0.25, -0.2) is 0 Å². The van der Waals surface area contributed by atoms with Gasteiger partial charge in [-0.15, -0.1) is 0 Å². The number of aromatic amines is 6. The molecule has 17 rings (SSSR count). The lowest BCUT2D eigenvalue weighted by Gasteiger charge is -2.32. The molecule has 5 saturated heterocycles. The lowest BCUT2D eigenvalue weighted by molar-refractivity contribution is -0.144. The van der Waals surface area contributed by atoms with Crippen molar-refractivity contribution in [2.45, 2.75) is 239 Å². The van der Waals surface area contributed by atoms with E-state index in [1.807, 2.05) is 182 Å². The largest absolute Gasteiger partial charge is 0.370 e. The number of carbonyl (C=O) groups is 16. The average molecular weight is 2020 g/mol. The van der Waals surface area contributed by atoms with Crippen molar-refractivity contribution >= 4 is 160 Å². The van der Waals surface area contributed by atoms with Gasteiger partial charge in [-0.1, -0.05) is 109 Å². The molecule has 5 aliphatic heterocycles. The molecule has 14 atom stereocenters. The molecule has 12 aromatic rings. The summed E-state index contributed by atoms with van der Waals surface area (Å²) in [5, 5.41) is 33.6. The number of nitrogens with one attached hydrogen (secondary N) is 16. The van der Waals surface area contributed by atoms with Gasteiger partial charge in [0.2, 0.25) is 94.5 Å². The molecular weight excluding hydrogens is 1890 g/mol. The van der Waals surface area contributed by atoms with Crippen LogP contribution < -0.4 is 76.1 Å². The fourth-order valence-corrected chi connectivity index (χ4v) is 21.4. The van der Waals surface area contributed by atoms with E-state index in [0.717, 1.165) is 32.3 Å². The molecule has 40 nitrogen and oxygen atoms in total. The second kappa shape index (κ2) is 47.5. The van der Waals surface area contributed by atoms with Crippen LogP contribution >= 0.6 is 0 Å². The minimum absolute atomic E-state index is 0.0193. The Kier molecular flexibility index (Phi) is 33.2. The lowest BCUT2D eigenvalue weighted by Crippen LogP contribution is -2.61. The Morgan fingerprint density at radius 1 is 0.243 bits per heavy atom. The number of benzene rings is 6. The van der Waals surface area contributed by atoms with Crippen LogP contribution in [0.15, 0.2) is 182 Å². The van der Waals surface area contributed by atoms with Crippen molar-refractivity contribution in [3.63, 3.8) is 0 Å². The molecule has 5 fully saturated rings. The van der Waals surface area contributed by atoms with Crippen LogP contribution in [0.5, 0.6) is 0 Å². The number of hydrogen-bond acceptors (Lipinski definition) is 18. The molecule has 0 spiro atoms. The molecule has 24 N–H and O–H groups in total. The maximum absolute atomic E-state index is 16.0. The Morgan fingerprint density at radius 2 is 0.432 bits per heavy atom. The monoisotopic (exact) mass is 2020 g/mol. The molecule has 0 saturated carbocycles. The summed E-state index contributed by atoms with van der Waals surface area (Å²) in [6, 6.07) is 34.4. The molecule has 148 heavy (non-hydrogen) atoms. The van der Waals surface area contributed by atoms with Gasteiger partial charge >= 0.3 is 0 Å². The van der Waals surface area contributed by atoms with E-state index in [4.69, 9.17) is 22.9 Å². The van der Waals surface area contributed by atoms with Gasteiger partial charge in [0.05, 0.1) is 0 Å².